The highest BCUT2D eigenvalue weighted by Crippen LogP contribution is 2.38. The summed E-state index contributed by atoms with van der Waals surface area (Å²) in [5, 5.41) is 2.12. The quantitative estimate of drug-likeness (QED) is 0.753. The van der Waals surface area contributed by atoms with E-state index in [1.54, 1.807) is 11.3 Å². The molecule has 1 saturated heterocycles. The van der Waals surface area contributed by atoms with Crippen molar-refractivity contribution in [3.8, 4) is 0 Å². The van der Waals surface area contributed by atoms with E-state index in [0.29, 0.717) is 6.04 Å². The summed E-state index contributed by atoms with van der Waals surface area (Å²) in [6, 6.07) is 4.76. The minimum Gasteiger partial charge on any atom is -0.444 e. The molecule has 0 N–H and O–H groups in total. The van der Waals surface area contributed by atoms with Gasteiger partial charge in [0.05, 0.1) is 6.04 Å². The summed E-state index contributed by atoms with van der Waals surface area (Å²) in [5.74, 6) is 0. The van der Waals surface area contributed by atoms with Crippen molar-refractivity contribution in [2.45, 2.75) is 64.1 Å². The zero-order valence-electron chi connectivity index (χ0n) is 13.0. The van der Waals surface area contributed by atoms with Gasteiger partial charge in [-0.1, -0.05) is 12.1 Å². The van der Waals surface area contributed by atoms with E-state index in [-0.39, 0.29) is 12.1 Å². The number of hydrogen-bond donors (Lipinski definition) is 0. The van der Waals surface area contributed by atoms with Gasteiger partial charge in [-0.25, -0.2) is 4.79 Å². The van der Waals surface area contributed by atoms with E-state index in [1.165, 1.54) is 16.9 Å². The number of piperidine rings is 1. The van der Waals surface area contributed by atoms with E-state index in [2.05, 4.69) is 23.6 Å². The van der Waals surface area contributed by atoms with Gasteiger partial charge in [0.1, 0.15) is 5.60 Å². The normalized spacial score (nSPS) is 25.5. The lowest BCUT2D eigenvalue weighted by molar-refractivity contribution is 0.000103. The van der Waals surface area contributed by atoms with E-state index < -0.39 is 5.60 Å². The van der Waals surface area contributed by atoms with Gasteiger partial charge in [-0.3, -0.25) is 4.90 Å². The molecule has 1 fully saturated rings. The van der Waals surface area contributed by atoms with Crippen molar-refractivity contribution >= 4 is 23.0 Å². The van der Waals surface area contributed by atoms with E-state index in [9.17, 15) is 4.79 Å². The molecule has 1 aromatic heterocycles. The van der Waals surface area contributed by atoms with Crippen LogP contribution in [0.4, 0.5) is 4.79 Å². The fourth-order valence-corrected chi connectivity index (χ4v) is 4.04. The molecule has 2 unspecified atom stereocenters. The van der Waals surface area contributed by atoms with Gasteiger partial charge >= 0.3 is 6.09 Å². The molecule has 0 saturated carbocycles. The van der Waals surface area contributed by atoms with Gasteiger partial charge in [-0.05, 0) is 63.5 Å². The van der Waals surface area contributed by atoms with Crippen LogP contribution in [0.5, 0.6) is 0 Å². The molecule has 4 heteroatoms. The van der Waals surface area contributed by atoms with Gasteiger partial charge < -0.3 is 4.74 Å². The van der Waals surface area contributed by atoms with Crippen molar-refractivity contribution in [3.05, 3.63) is 28.5 Å². The standard InChI is InChI=1S/C17H23NO2S/c1-17(2,3)20-16(19)18-13-6-4-7-14(18)11-12(10-13)15-8-5-9-21-15/h5,8-10,13-14H,4,6-7,11H2,1-3H3. The number of thiophene rings is 1. The number of rotatable bonds is 1. The van der Waals surface area contributed by atoms with Crippen LogP contribution in [0.2, 0.25) is 0 Å². The molecule has 1 amide bonds. The SMILES string of the molecule is CC(C)(C)OC(=O)N1C2C=C(c3cccs3)CC1CCC2. The van der Waals surface area contributed by atoms with Crippen LogP contribution < -0.4 is 0 Å². The highest BCUT2D eigenvalue weighted by Gasteiger charge is 2.39. The molecule has 2 bridgehead atoms. The molecule has 3 rings (SSSR count). The van der Waals surface area contributed by atoms with Crippen LogP contribution in [0.15, 0.2) is 23.6 Å². The fraction of sp³-hybridized carbons (Fsp3) is 0.588. The first-order valence-corrected chi connectivity index (χ1v) is 8.58. The lowest BCUT2D eigenvalue weighted by Gasteiger charge is -2.45. The molecule has 3 nitrogen and oxygen atoms in total. The van der Waals surface area contributed by atoms with Crippen LogP contribution in [0.25, 0.3) is 5.57 Å². The average molecular weight is 305 g/mol. The Labute approximate surface area is 130 Å². The van der Waals surface area contributed by atoms with Crippen molar-refractivity contribution in [2.75, 3.05) is 0 Å². The van der Waals surface area contributed by atoms with Crippen LogP contribution in [-0.4, -0.2) is 28.7 Å². The molecular formula is C17H23NO2S. The fourth-order valence-electron chi connectivity index (χ4n) is 3.27. The van der Waals surface area contributed by atoms with Crippen molar-refractivity contribution in [1.29, 1.82) is 0 Å². The van der Waals surface area contributed by atoms with Crippen LogP contribution >= 0.6 is 11.3 Å². The molecule has 3 heterocycles. The van der Waals surface area contributed by atoms with Gasteiger partial charge in [-0.15, -0.1) is 11.3 Å². The van der Waals surface area contributed by atoms with Gasteiger partial charge in [0.15, 0.2) is 0 Å². The van der Waals surface area contributed by atoms with Crippen LogP contribution in [-0.2, 0) is 4.74 Å². The number of nitrogens with zero attached hydrogens (tertiary/aromatic N) is 1. The maximum atomic E-state index is 12.5. The Morgan fingerprint density at radius 3 is 2.81 bits per heavy atom. The summed E-state index contributed by atoms with van der Waals surface area (Å²) in [6.07, 6.45) is 6.41. The molecular weight excluding hydrogens is 282 g/mol. The average Bonchev–Trinajstić information content (AvgIpc) is 2.88. The Kier molecular flexibility index (Phi) is 3.82. The second kappa shape index (κ2) is 5.48. The summed E-state index contributed by atoms with van der Waals surface area (Å²) in [5.41, 5.74) is 0.975. The van der Waals surface area contributed by atoms with Crippen LogP contribution in [0.3, 0.4) is 0 Å². The number of ether oxygens (including phenoxy) is 1. The third-order valence-corrected chi connectivity index (χ3v) is 5.02. The Morgan fingerprint density at radius 2 is 2.19 bits per heavy atom. The highest BCUT2D eigenvalue weighted by molar-refractivity contribution is 7.11. The minimum atomic E-state index is -0.427. The predicted molar refractivity (Wildman–Crippen MR) is 86.4 cm³/mol. The molecule has 2 aliphatic rings. The maximum Gasteiger partial charge on any atom is 0.411 e. The first-order chi connectivity index (χ1) is 9.94. The molecule has 114 valence electrons. The number of fused-ring (bicyclic) bond motifs is 2. The Balaban J connectivity index is 1.83. The Morgan fingerprint density at radius 1 is 1.38 bits per heavy atom. The van der Waals surface area contributed by atoms with Crippen molar-refractivity contribution in [3.63, 3.8) is 0 Å². The largest absolute Gasteiger partial charge is 0.444 e. The smallest absolute Gasteiger partial charge is 0.411 e. The zero-order valence-corrected chi connectivity index (χ0v) is 13.8. The first kappa shape index (κ1) is 14.6. The predicted octanol–water partition coefficient (Wildman–Crippen LogP) is 4.69. The minimum absolute atomic E-state index is 0.154. The van der Waals surface area contributed by atoms with Gasteiger partial charge in [0, 0.05) is 10.9 Å². The molecule has 0 aromatic carbocycles. The summed E-state index contributed by atoms with van der Waals surface area (Å²) in [6.45, 7) is 5.78. The molecule has 0 radical (unpaired) electrons. The van der Waals surface area contributed by atoms with Crippen molar-refractivity contribution in [1.82, 2.24) is 4.90 Å². The second-order valence-corrected chi connectivity index (χ2v) is 7.86. The maximum absolute atomic E-state index is 12.5. The highest BCUT2D eigenvalue weighted by atomic mass is 32.1. The number of amides is 1. The zero-order chi connectivity index (χ0) is 15.0. The molecule has 1 aromatic rings. The van der Waals surface area contributed by atoms with E-state index >= 15 is 0 Å². The topological polar surface area (TPSA) is 29.5 Å². The van der Waals surface area contributed by atoms with Gasteiger partial charge in [0.2, 0.25) is 0 Å². The summed E-state index contributed by atoms with van der Waals surface area (Å²) in [4.78, 5) is 15.8. The third-order valence-electron chi connectivity index (χ3n) is 4.08. The number of hydrogen-bond acceptors (Lipinski definition) is 3. The lowest BCUT2D eigenvalue weighted by atomic mass is 9.85. The van der Waals surface area contributed by atoms with E-state index in [0.717, 1.165) is 19.3 Å². The van der Waals surface area contributed by atoms with E-state index in [4.69, 9.17) is 4.74 Å². The summed E-state index contributed by atoms with van der Waals surface area (Å²) >= 11 is 1.78. The molecule has 2 aliphatic heterocycles. The second-order valence-electron chi connectivity index (χ2n) is 6.91. The van der Waals surface area contributed by atoms with E-state index in [1.807, 2.05) is 25.7 Å². The molecule has 2 atom stereocenters. The molecule has 0 spiro atoms. The van der Waals surface area contributed by atoms with Crippen molar-refractivity contribution < 1.29 is 9.53 Å². The van der Waals surface area contributed by atoms with Gasteiger partial charge in [-0.2, -0.15) is 0 Å². The van der Waals surface area contributed by atoms with Crippen molar-refractivity contribution in [2.24, 2.45) is 0 Å². The molecule has 21 heavy (non-hydrogen) atoms. The first-order valence-electron chi connectivity index (χ1n) is 7.70. The van der Waals surface area contributed by atoms with Crippen LogP contribution in [0.1, 0.15) is 51.3 Å². The number of carbonyl (C=O) groups excluding carboxylic acids is 1. The summed E-state index contributed by atoms with van der Waals surface area (Å²) in [7, 11) is 0. The number of carbonyl (C=O) groups is 1. The van der Waals surface area contributed by atoms with Gasteiger partial charge in [0.25, 0.3) is 0 Å². The summed E-state index contributed by atoms with van der Waals surface area (Å²) < 4.78 is 5.60. The molecule has 0 aliphatic carbocycles. The third kappa shape index (κ3) is 3.15. The monoisotopic (exact) mass is 305 g/mol. The Hall–Kier alpha value is -1.29. The Bertz CT molecular complexity index is 542. The van der Waals surface area contributed by atoms with Crippen LogP contribution in [0, 0.1) is 0 Å². The lowest BCUT2D eigenvalue weighted by Crippen LogP contribution is -2.52.